The fourth-order valence-electron chi connectivity index (χ4n) is 1.99. The van der Waals surface area contributed by atoms with Crippen LogP contribution in [0.25, 0.3) is 0 Å². The third-order valence-electron chi connectivity index (χ3n) is 2.88. The highest BCUT2D eigenvalue weighted by Crippen LogP contribution is 2.38. The molecule has 1 atom stereocenters. The molecule has 1 unspecified atom stereocenters. The number of halogens is 4. The summed E-state index contributed by atoms with van der Waals surface area (Å²) in [6.07, 6.45) is 0.835. The Morgan fingerprint density at radius 3 is 2.40 bits per heavy atom. The van der Waals surface area contributed by atoms with E-state index in [1.807, 2.05) is 6.92 Å². The van der Waals surface area contributed by atoms with Gasteiger partial charge < -0.3 is 5.32 Å². The van der Waals surface area contributed by atoms with Gasteiger partial charge in [0.15, 0.2) is 0 Å². The summed E-state index contributed by atoms with van der Waals surface area (Å²) in [6.45, 7) is 2.59. The highest BCUT2D eigenvalue weighted by atomic mass is 35.5. The van der Waals surface area contributed by atoms with Gasteiger partial charge in [0.05, 0.1) is 14.7 Å². The lowest BCUT2D eigenvalue weighted by Crippen LogP contribution is -2.25. The lowest BCUT2D eigenvalue weighted by Gasteiger charge is -2.20. The van der Waals surface area contributed by atoms with Crippen LogP contribution < -0.4 is 5.32 Å². The van der Waals surface area contributed by atoms with Crippen LogP contribution in [0.5, 0.6) is 0 Å². The van der Waals surface area contributed by atoms with Crippen molar-refractivity contribution in [2.24, 2.45) is 0 Å². The molecule has 0 spiro atoms. The topological polar surface area (TPSA) is 12.0 Å². The molecule has 0 saturated heterocycles. The molecule has 0 fully saturated rings. The summed E-state index contributed by atoms with van der Waals surface area (Å²) >= 11 is 13.2. The molecule has 20 heavy (non-hydrogen) atoms. The molecule has 0 aliphatic carbocycles. The van der Waals surface area contributed by atoms with Gasteiger partial charge in [-0.3, -0.25) is 0 Å². The third kappa shape index (κ3) is 3.31. The smallest absolute Gasteiger partial charge is 0.131 e. The highest BCUT2D eigenvalue weighted by Gasteiger charge is 2.24. The Labute approximate surface area is 130 Å². The van der Waals surface area contributed by atoms with Gasteiger partial charge in [-0.25, -0.2) is 8.78 Å². The predicted molar refractivity (Wildman–Crippen MR) is 80.8 cm³/mol. The van der Waals surface area contributed by atoms with E-state index in [-0.39, 0.29) is 5.56 Å². The summed E-state index contributed by atoms with van der Waals surface area (Å²) in [6, 6.07) is 4.82. The summed E-state index contributed by atoms with van der Waals surface area (Å²) < 4.78 is 28.9. The van der Waals surface area contributed by atoms with E-state index in [0.717, 1.165) is 6.42 Å². The van der Waals surface area contributed by atoms with Crippen LogP contribution in [-0.2, 0) is 0 Å². The van der Waals surface area contributed by atoms with Gasteiger partial charge in [-0.1, -0.05) is 36.2 Å². The quantitative estimate of drug-likeness (QED) is 0.768. The van der Waals surface area contributed by atoms with Crippen molar-refractivity contribution >= 4 is 34.5 Å². The molecule has 1 nitrogen and oxygen atoms in total. The molecule has 6 heteroatoms. The van der Waals surface area contributed by atoms with Crippen LogP contribution in [0.1, 0.15) is 30.5 Å². The average molecular weight is 336 g/mol. The molecule has 108 valence electrons. The summed E-state index contributed by atoms with van der Waals surface area (Å²) in [7, 11) is 0. The Morgan fingerprint density at radius 1 is 1.25 bits per heavy atom. The second-order valence-electron chi connectivity index (χ2n) is 4.30. The Hall–Kier alpha value is -0.680. The van der Waals surface area contributed by atoms with E-state index in [1.54, 1.807) is 6.07 Å². The maximum absolute atomic E-state index is 14.0. The molecule has 0 aliphatic rings. The zero-order chi connectivity index (χ0) is 14.7. The molecule has 0 radical (unpaired) electrons. The summed E-state index contributed by atoms with van der Waals surface area (Å²) in [4.78, 5) is 0. The van der Waals surface area contributed by atoms with Crippen molar-refractivity contribution in [1.29, 1.82) is 0 Å². The minimum atomic E-state index is -0.646. The van der Waals surface area contributed by atoms with Gasteiger partial charge in [0.1, 0.15) is 11.6 Å². The van der Waals surface area contributed by atoms with Crippen molar-refractivity contribution in [3.05, 3.63) is 55.7 Å². The largest absolute Gasteiger partial charge is 0.306 e. The van der Waals surface area contributed by atoms with Crippen LogP contribution in [0.3, 0.4) is 0 Å². The molecule has 1 aromatic heterocycles. The fourth-order valence-corrected chi connectivity index (χ4v) is 3.52. The van der Waals surface area contributed by atoms with E-state index in [0.29, 0.717) is 20.8 Å². The Morgan fingerprint density at radius 2 is 1.90 bits per heavy atom. The van der Waals surface area contributed by atoms with Gasteiger partial charge in [0, 0.05) is 11.1 Å². The predicted octanol–water partition coefficient (Wildman–Crippen LogP) is 5.42. The van der Waals surface area contributed by atoms with E-state index in [1.165, 1.54) is 29.5 Å². The Kier molecular flexibility index (Phi) is 5.38. The second-order valence-corrected chi connectivity index (χ2v) is 6.59. The zero-order valence-electron chi connectivity index (χ0n) is 10.7. The number of hydrogen-bond donors (Lipinski definition) is 1. The van der Waals surface area contributed by atoms with Crippen molar-refractivity contribution in [3.8, 4) is 0 Å². The van der Waals surface area contributed by atoms with Crippen molar-refractivity contribution in [1.82, 2.24) is 5.32 Å². The van der Waals surface area contributed by atoms with E-state index < -0.39 is 17.7 Å². The molecular weight excluding hydrogens is 323 g/mol. The zero-order valence-corrected chi connectivity index (χ0v) is 13.0. The second kappa shape index (κ2) is 6.85. The minimum absolute atomic E-state index is 0.0303. The standard InChI is InChI=1S/C14H13Cl2F2NS/c1-2-6-19-13(8-7-11(15)20-14(8)16)12-9(17)4-3-5-10(12)18/h3-5,7,13,19H,2,6H2,1H3. The first-order valence-electron chi connectivity index (χ1n) is 6.16. The number of thiophene rings is 1. The maximum atomic E-state index is 14.0. The first kappa shape index (κ1) is 15.7. The number of benzene rings is 1. The molecule has 1 aromatic carbocycles. The van der Waals surface area contributed by atoms with Crippen molar-refractivity contribution < 1.29 is 8.78 Å². The van der Waals surface area contributed by atoms with Crippen LogP contribution in [0.4, 0.5) is 8.78 Å². The van der Waals surface area contributed by atoms with Crippen LogP contribution >= 0.6 is 34.5 Å². The fraction of sp³-hybridized carbons (Fsp3) is 0.286. The Balaban J connectivity index is 2.50. The van der Waals surface area contributed by atoms with Gasteiger partial charge in [0.25, 0.3) is 0 Å². The van der Waals surface area contributed by atoms with E-state index in [9.17, 15) is 8.78 Å². The molecule has 0 amide bonds. The normalized spacial score (nSPS) is 12.7. The van der Waals surface area contributed by atoms with Gasteiger partial charge >= 0.3 is 0 Å². The average Bonchev–Trinajstić information content (AvgIpc) is 2.72. The van der Waals surface area contributed by atoms with Gasteiger partial charge in [-0.05, 0) is 31.2 Å². The molecule has 0 saturated carbocycles. The first-order valence-corrected chi connectivity index (χ1v) is 7.73. The van der Waals surface area contributed by atoms with Gasteiger partial charge in [-0.15, -0.1) is 11.3 Å². The lowest BCUT2D eigenvalue weighted by molar-refractivity contribution is 0.503. The molecular formula is C14H13Cl2F2NS. The number of nitrogens with one attached hydrogen (secondary N) is 1. The summed E-state index contributed by atoms with van der Waals surface area (Å²) in [5.74, 6) is -1.20. The van der Waals surface area contributed by atoms with Gasteiger partial charge in [-0.2, -0.15) is 0 Å². The van der Waals surface area contributed by atoms with Gasteiger partial charge in [0.2, 0.25) is 0 Å². The summed E-state index contributed by atoms with van der Waals surface area (Å²) in [5.41, 5.74) is 0.566. The van der Waals surface area contributed by atoms with Crippen molar-refractivity contribution in [3.63, 3.8) is 0 Å². The molecule has 0 aliphatic heterocycles. The monoisotopic (exact) mass is 335 g/mol. The van der Waals surface area contributed by atoms with E-state index in [2.05, 4.69) is 5.32 Å². The molecule has 2 rings (SSSR count). The van der Waals surface area contributed by atoms with Crippen LogP contribution in [0.15, 0.2) is 24.3 Å². The third-order valence-corrected chi connectivity index (χ3v) is 4.40. The molecule has 1 N–H and O–H groups in total. The van der Waals surface area contributed by atoms with Crippen molar-refractivity contribution in [2.75, 3.05) is 6.54 Å². The first-order chi connectivity index (χ1) is 9.54. The Bertz CT molecular complexity index is 581. The minimum Gasteiger partial charge on any atom is -0.306 e. The molecule has 0 bridgehead atoms. The maximum Gasteiger partial charge on any atom is 0.131 e. The molecule has 2 aromatic rings. The number of rotatable bonds is 5. The highest BCUT2D eigenvalue weighted by molar-refractivity contribution is 7.20. The summed E-state index contributed by atoms with van der Waals surface area (Å²) in [5, 5.41) is 3.12. The van der Waals surface area contributed by atoms with Crippen molar-refractivity contribution in [2.45, 2.75) is 19.4 Å². The van der Waals surface area contributed by atoms with E-state index in [4.69, 9.17) is 23.2 Å². The molecule has 1 heterocycles. The SMILES string of the molecule is CCCNC(c1cc(Cl)sc1Cl)c1c(F)cccc1F. The number of hydrogen-bond acceptors (Lipinski definition) is 2. The van der Waals surface area contributed by atoms with Crippen LogP contribution in [-0.4, -0.2) is 6.54 Å². The lowest BCUT2D eigenvalue weighted by atomic mass is 10.00. The van der Waals surface area contributed by atoms with Crippen LogP contribution in [0, 0.1) is 11.6 Å². The van der Waals surface area contributed by atoms with Crippen LogP contribution in [0.2, 0.25) is 8.67 Å². The van der Waals surface area contributed by atoms with E-state index >= 15 is 0 Å².